The second kappa shape index (κ2) is 6.89. The maximum Gasteiger partial charge on any atom is 0.0719 e. The van der Waals surface area contributed by atoms with Crippen LogP contribution in [0.25, 0.3) is 21.9 Å². The molecule has 0 unspecified atom stereocenters. The molecule has 34 heavy (non-hydrogen) atoms. The van der Waals surface area contributed by atoms with E-state index in [0.29, 0.717) is 0 Å². The summed E-state index contributed by atoms with van der Waals surface area (Å²) in [4.78, 5) is 0. The molecule has 0 amide bonds. The van der Waals surface area contributed by atoms with Crippen LogP contribution in [0.15, 0.2) is 78.9 Å². The van der Waals surface area contributed by atoms with E-state index in [1.54, 1.807) is 11.1 Å². The Morgan fingerprint density at radius 3 is 2.18 bits per heavy atom. The van der Waals surface area contributed by atoms with E-state index in [2.05, 4.69) is 84.2 Å². The smallest absolute Gasteiger partial charge is 0.0719 e. The molecule has 0 saturated heterocycles. The third-order valence-corrected chi connectivity index (χ3v) is 10.1. The SMILES string of the molecule is Clc1c(Nc2cccc3c2-c2ccccc2C32C3CC4CC(C3)CC2C4)ccc2ccccc12. The Balaban J connectivity index is 1.32. The van der Waals surface area contributed by atoms with Gasteiger partial charge in [0.15, 0.2) is 0 Å². The first-order valence-corrected chi connectivity index (χ1v) is 13.3. The number of rotatable bonds is 2. The van der Waals surface area contributed by atoms with Crippen molar-refractivity contribution in [2.75, 3.05) is 5.32 Å². The summed E-state index contributed by atoms with van der Waals surface area (Å²) in [7, 11) is 0. The molecule has 4 bridgehead atoms. The van der Waals surface area contributed by atoms with E-state index in [0.717, 1.165) is 39.8 Å². The van der Waals surface area contributed by atoms with Crippen molar-refractivity contribution < 1.29 is 0 Å². The molecule has 5 aliphatic rings. The molecule has 2 heteroatoms. The lowest BCUT2D eigenvalue weighted by Gasteiger charge is -2.61. The summed E-state index contributed by atoms with van der Waals surface area (Å²) in [5.74, 6) is 3.49. The molecule has 4 aromatic carbocycles. The zero-order valence-electron chi connectivity index (χ0n) is 19.2. The largest absolute Gasteiger partial charge is 0.354 e. The molecule has 0 radical (unpaired) electrons. The fraction of sp³-hybridized carbons (Fsp3) is 0.312. The lowest BCUT2D eigenvalue weighted by atomic mass is 9.43. The molecule has 1 N–H and O–H groups in total. The monoisotopic (exact) mass is 461 g/mol. The molecule has 168 valence electrons. The number of hydrogen-bond donors (Lipinski definition) is 1. The first-order chi connectivity index (χ1) is 16.7. The Morgan fingerprint density at radius 1 is 0.647 bits per heavy atom. The fourth-order valence-electron chi connectivity index (χ4n) is 8.78. The van der Waals surface area contributed by atoms with Crippen molar-refractivity contribution in [2.24, 2.45) is 23.7 Å². The minimum Gasteiger partial charge on any atom is -0.354 e. The second-order valence-corrected chi connectivity index (χ2v) is 11.6. The van der Waals surface area contributed by atoms with Gasteiger partial charge < -0.3 is 5.32 Å². The number of anilines is 2. The average Bonchev–Trinajstić information content (AvgIpc) is 3.16. The minimum absolute atomic E-state index is 0.199. The van der Waals surface area contributed by atoms with E-state index >= 15 is 0 Å². The van der Waals surface area contributed by atoms with E-state index in [-0.39, 0.29) is 5.41 Å². The number of halogens is 1. The van der Waals surface area contributed by atoms with Crippen molar-refractivity contribution >= 4 is 33.7 Å². The summed E-state index contributed by atoms with van der Waals surface area (Å²) >= 11 is 6.92. The van der Waals surface area contributed by atoms with Gasteiger partial charge in [0.25, 0.3) is 0 Å². The first-order valence-electron chi connectivity index (χ1n) is 12.9. The highest BCUT2D eigenvalue weighted by molar-refractivity contribution is 6.38. The average molecular weight is 462 g/mol. The zero-order valence-corrected chi connectivity index (χ0v) is 20.0. The highest BCUT2D eigenvalue weighted by Gasteiger charge is 2.61. The molecule has 0 aromatic heterocycles. The van der Waals surface area contributed by atoms with Gasteiger partial charge in [0, 0.05) is 22.1 Å². The van der Waals surface area contributed by atoms with Gasteiger partial charge >= 0.3 is 0 Å². The van der Waals surface area contributed by atoms with Crippen molar-refractivity contribution in [3.63, 3.8) is 0 Å². The predicted molar refractivity (Wildman–Crippen MR) is 142 cm³/mol. The quantitative estimate of drug-likeness (QED) is 0.314. The summed E-state index contributed by atoms with van der Waals surface area (Å²) in [5.41, 5.74) is 8.39. The van der Waals surface area contributed by atoms with Crippen LogP contribution in [0.2, 0.25) is 5.02 Å². The van der Waals surface area contributed by atoms with Crippen molar-refractivity contribution in [1.82, 2.24) is 0 Å². The maximum absolute atomic E-state index is 6.92. The molecule has 5 aliphatic carbocycles. The number of nitrogens with one attached hydrogen (secondary N) is 1. The number of benzene rings is 4. The summed E-state index contributed by atoms with van der Waals surface area (Å²) in [6.45, 7) is 0. The van der Waals surface area contributed by atoms with Gasteiger partial charge in [0.05, 0.1) is 10.7 Å². The van der Waals surface area contributed by atoms with Crippen molar-refractivity contribution in [1.29, 1.82) is 0 Å². The van der Waals surface area contributed by atoms with Gasteiger partial charge in [-0.1, -0.05) is 78.3 Å². The predicted octanol–water partition coefficient (Wildman–Crippen LogP) is 8.96. The van der Waals surface area contributed by atoms with Gasteiger partial charge in [-0.25, -0.2) is 0 Å². The van der Waals surface area contributed by atoms with Crippen LogP contribution in [0, 0.1) is 23.7 Å². The summed E-state index contributed by atoms with van der Waals surface area (Å²) in [6, 6.07) is 28.9. The van der Waals surface area contributed by atoms with Crippen LogP contribution in [-0.4, -0.2) is 0 Å². The lowest BCUT2D eigenvalue weighted by molar-refractivity contribution is -0.0399. The highest BCUT2D eigenvalue weighted by Crippen LogP contribution is 2.70. The Labute approximate surface area is 206 Å². The fourth-order valence-corrected chi connectivity index (χ4v) is 9.06. The van der Waals surface area contributed by atoms with Gasteiger partial charge in [-0.05, 0) is 90.0 Å². The Kier molecular flexibility index (Phi) is 3.96. The molecule has 1 spiro atoms. The molecular formula is C32H28ClN. The van der Waals surface area contributed by atoms with Gasteiger partial charge in [-0.2, -0.15) is 0 Å². The van der Waals surface area contributed by atoms with Gasteiger partial charge in [-0.3, -0.25) is 0 Å². The molecule has 0 aliphatic heterocycles. The second-order valence-electron chi connectivity index (χ2n) is 11.2. The van der Waals surface area contributed by atoms with Gasteiger partial charge in [0.2, 0.25) is 0 Å². The summed E-state index contributed by atoms with van der Waals surface area (Å²) in [6.07, 6.45) is 7.13. The Morgan fingerprint density at radius 2 is 1.35 bits per heavy atom. The van der Waals surface area contributed by atoms with E-state index in [9.17, 15) is 0 Å². The Bertz CT molecular complexity index is 1440. The van der Waals surface area contributed by atoms with E-state index < -0.39 is 0 Å². The molecule has 0 heterocycles. The van der Waals surface area contributed by atoms with E-state index in [1.807, 2.05) is 0 Å². The van der Waals surface area contributed by atoms with Crippen LogP contribution >= 0.6 is 11.6 Å². The molecule has 4 saturated carbocycles. The van der Waals surface area contributed by atoms with Crippen LogP contribution in [0.3, 0.4) is 0 Å². The third-order valence-electron chi connectivity index (χ3n) is 9.71. The first kappa shape index (κ1) is 19.5. The Hall–Kier alpha value is -2.77. The van der Waals surface area contributed by atoms with Gasteiger partial charge in [-0.15, -0.1) is 0 Å². The zero-order chi connectivity index (χ0) is 22.4. The molecule has 0 atom stereocenters. The van der Waals surface area contributed by atoms with Crippen LogP contribution < -0.4 is 5.32 Å². The van der Waals surface area contributed by atoms with Crippen LogP contribution in [-0.2, 0) is 5.41 Å². The molecule has 4 fully saturated rings. The lowest BCUT2D eigenvalue weighted by Crippen LogP contribution is -2.55. The third kappa shape index (κ3) is 2.41. The van der Waals surface area contributed by atoms with Crippen LogP contribution in [0.1, 0.15) is 43.2 Å². The standard InChI is InChI=1S/C32H28ClN/c33-31-24-7-2-1-6-21(24)12-13-29(31)34-28-11-5-10-27-30(28)25-8-3-4-9-26(25)32(27)22-15-19-14-20(17-22)18-23(32)16-19/h1-13,19-20,22-23,34H,14-18H2. The number of hydrogen-bond acceptors (Lipinski definition) is 1. The molecule has 9 rings (SSSR count). The topological polar surface area (TPSA) is 12.0 Å². The van der Waals surface area contributed by atoms with Crippen molar-refractivity contribution in [3.05, 3.63) is 95.0 Å². The highest BCUT2D eigenvalue weighted by atomic mass is 35.5. The molecular weight excluding hydrogens is 434 g/mol. The molecule has 4 aromatic rings. The van der Waals surface area contributed by atoms with E-state index in [4.69, 9.17) is 11.6 Å². The maximum atomic E-state index is 6.92. The normalized spacial score (nSPS) is 30.0. The van der Waals surface area contributed by atoms with E-state index in [1.165, 1.54) is 54.3 Å². The van der Waals surface area contributed by atoms with Crippen LogP contribution in [0.4, 0.5) is 11.4 Å². The number of fused-ring (bicyclic) bond motifs is 4. The van der Waals surface area contributed by atoms with Crippen molar-refractivity contribution in [2.45, 2.75) is 37.5 Å². The molecule has 1 nitrogen and oxygen atoms in total. The summed E-state index contributed by atoms with van der Waals surface area (Å²) < 4.78 is 0. The summed E-state index contributed by atoms with van der Waals surface area (Å²) in [5, 5.41) is 6.85. The van der Waals surface area contributed by atoms with Gasteiger partial charge in [0.1, 0.15) is 0 Å². The van der Waals surface area contributed by atoms with Crippen molar-refractivity contribution in [3.8, 4) is 11.1 Å². The minimum atomic E-state index is 0.199. The van der Waals surface area contributed by atoms with Crippen LogP contribution in [0.5, 0.6) is 0 Å².